The van der Waals surface area contributed by atoms with Crippen LogP contribution in [0.4, 0.5) is 5.69 Å². The van der Waals surface area contributed by atoms with Crippen molar-refractivity contribution in [3.05, 3.63) is 74.8 Å². The molecule has 1 aliphatic heterocycles. The second kappa shape index (κ2) is 11.8. The highest BCUT2D eigenvalue weighted by Gasteiger charge is 2.56. The number of fused-ring (bicyclic) bond motifs is 1. The minimum atomic E-state index is -1.30. The van der Waals surface area contributed by atoms with E-state index in [4.69, 9.17) is 23.2 Å². The van der Waals surface area contributed by atoms with Gasteiger partial charge in [0.05, 0.1) is 16.8 Å². The van der Waals surface area contributed by atoms with Gasteiger partial charge in [0, 0.05) is 43.8 Å². The predicted octanol–water partition coefficient (Wildman–Crippen LogP) is 5.41. The quantitative estimate of drug-likeness (QED) is 0.120. The highest BCUT2D eigenvalue weighted by molar-refractivity contribution is 9.12. The van der Waals surface area contributed by atoms with Gasteiger partial charge in [-0.2, -0.15) is 5.01 Å². The van der Waals surface area contributed by atoms with Gasteiger partial charge in [-0.3, -0.25) is 29.3 Å². The first-order valence-corrected chi connectivity index (χ1v) is 14.4. The van der Waals surface area contributed by atoms with Crippen LogP contribution in [0.25, 0.3) is 0 Å². The molecule has 4 rings (SSSR count). The fourth-order valence-electron chi connectivity index (χ4n) is 4.79. The summed E-state index contributed by atoms with van der Waals surface area (Å²) in [4.78, 5) is 65.3. The summed E-state index contributed by atoms with van der Waals surface area (Å²) in [5.74, 6) is -3.92. The molecule has 0 spiro atoms. The van der Waals surface area contributed by atoms with Gasteiger partial charge in [-0.15, -0.1) is 11.6 Å². The first-order chi connectivity index (χ1) is 18.0. The smallest absolute Gasteiger partial charge is 0.273 e. The van der Waals surface area contributed by atoms with Crippen LogP contribution in [0.2, 0.25) is 5.02 Å². The molecule has 1 saturated heterocycles. The lowest BCUT2D eigenvalue weighted by Gasteiger charge is -2.36. The molecular formula is C25H21Br2Cl2N3O6. The van der Waals surface area contributed by atoms with Crippen LogP contribution in [0.15, 0.2) is 48.5 Å². The number of alkyl halides is 3. The third kappa shape index (κ3) is 5.52. The number of non-ortho nitro benzene ring substituents is 1. The number of hydrogen-bond acceptors (Lipinski definition) is 6. The van der Waals surface area contributed by atoms with E-state index in [1.54, 1.807) is 0 Å². The van der Waals surface area contributed by atoms with E-state index in [1.807, 2.05) is 0 Å². The van der Waals surface area contributed by atoms with Crippen molar-refractivity contribution in [2.24, 2.45) is 11.8 Å². The van der Waals surface area contributed by atoms with E-state index in [1.165, 1.54) is 36.4 Å². The molecule has 13 heteroatoms. The summed E-state index contributed by atoms with van der Waals surface area (Å²) in [6, 6.07) is 9.42. The summed E-state index contributed by atoms with van der Waals surface area (Å²) in [5, 5.41) is 13.2. The first kappa shape index (κ1) is 28.7. The standard InChI is InChI=1S/C25H21Br2Cl2N3O6/c26-19-11-17-18(12-20(19)27)25(36)31(24(17)35)30(23(34)14-3-7-16(8-4-14)32(37)38)21(9-10-28)22(33)13-1-5-15(29)6-2-13/h1-8,17-21H,9-12H2/t17-,18+,19+,20-,21-/m0/s1. The van der Waals surface area contributed by atoms with Gasteiger partial charge in [0.15, 0.2) is 5.78 Å². The molecule has 1 aliphatic carbocycles. The molecule has 2 aliphatic rings. The van der Waals surface area contributed by atoms with E-state index in [0.29, 0.717) is 17.9 Å². The number of carbonyl (C=O) groups is 4. The molecule has 2 aromatic carbocycles. The molecule has 5 atom stereocenters. The Kier molecular flexibility index (Phi) is 8.91. The van der Waals surface area contributed by atoms with Crippen molar-refractivity contribution in [1.82, 2.24) is 10.0 Å². The monoisotopic (exact) mass is 687 g/mol. The predicted molar refractivity (Wildman–Crippen MR) is 148 cm³/mol. The molecular weight excluding hydrogens is 669 g/mol. The highest BCUT2D eigenvalue weighted by atomic mass is 79.9. The van der Waals surface area contributed by atoms with Crippen LogP contribution < -0.4 is 0 Å². The van der Waals surface area contributed by atoms with E-state index < -0.39 is 46.3 Å². The number of nitro groups is 1. The number of carbonyl (C=O) groups excluding carboxylic acids is 4. The average molecular weight is 690 g/mol. The largest absolute Gasteiger partial charge is 0.292 e. The van der Waals surface area contributed by atoms with Crippen molar-refractivity contribution in [3.8, 4) is 0 Å². The number of hydrazine groups is 1. The lowest BCUT2D eigenvalue weighted by molar-refractivity contribution is -0.384. The summed E-state index contributed by atoms with van der Waals surface area (Å²) in [6.45, 7) is 0. The van der Waals surface area contributed by atoms with Crippen LogP contribution in [-0.2, 0) is 9.59 Å². The van der Waals surface area contributed by atoms with E-state index in [-0.39, 0.29) is 38.8 Å². The molecule has 0 N–H and O–H groups in total. The fourth-order valence-corrected chi connectivity index (χ4v) is 6.36. The van der Waals surface area contributed by atoms with Crippen molar-refractivity contribution >= 4 is 84.3 Å². The molecule has 38 heavy (non-hydrogen) atoms. The van der Waals surface area contributed by atoms with Crippen LogP contribution in [0.5, 0.6) is 0 Å². The summed E-state index contributed by atoms with van der Waals surface area (Å²) in [7, 11) is 0. The van der Waals surface area contributed by atoms with Gasteiger partial charge >= 0.3 is 0 Å². The lowest BCUT2D eigenvalue weighted by Crippen LogP contribution is -2.57. The van der Waals surface area contributed by atoms with Crippen molar-refractivity contribution in [2.75, 3.05) is 5.88 Å². The molecule has 1 saturated carbocycles. The zero-order valence-electron chi connectivity index (χ0n) is 19.6. The number of rotatable bonds is 8. The van der Waals surface area contributed by atoms with Crippen LogP contribution in [0, 0.1) is 22.0 Å². The second-order valence-corrected chi connectivity index (χ2v) is 12.2. The van der Waals surface area contributed by atoms with E-state index in [2.05, 4.69) is 31.9 Å². The Balaban J connectivity index is 1.80. The Bertz CT molecular complexity index is 1250. The van der Waals surface area contributed by atoms with Gasteiger partial charge in [0.25, 0.3) is 23.4 Å². The molecule has 0 aromatic heterocycles. The number of nitro benzene ring substituents is 1. The zero-order valence-corrected chi connectivity index (χ0v) is 24.3. The van der Waals surface area contributed by atoms with E-state index >= 15 is 0 Å². The minimum Gasteiger partial charge on any atom is -0.292 e. The van der Waals surface area contributed by atoms with Crippen LogP contribution in [0.3, 0.4) is 0 Å². The third-order valence-electron chi connectivity index (χ3n) is 6.75. The van der Waals surface area contributed by atoms with Gasteiger partial charge in [0.1, 0.15) is 6.04 Å². The number of nitrogens with zero attached hydrogens (tertiary/aromatic N) is 3. The number of hydrogen-bond donors (Lipinski definition) is 0. The maximum atomic E-state index is 13.9. The molecule has 3 amide bonds. The van der Waals surface area contributed by atoms with Crippen molar-refractivity contribution in [2.45, 2.75) is 35.0 Å². The van der Waals surface area contributed by atoms with Crippen molar-refractivity contribution < 1.29 is 24.1 Å². The third-order valence-corrected chi connectivity index (χ3v) is 9.95. The number of halogens is 4. The first-order valence-electron chi connectivity index (χ1n) is 11.6. The van der Waals surface area contributed by atoms with E-state index in [9.17, 15) is 29.3 Å². The van der Waals surface area contributed by atoms with E-state index in [0.717, 1.165) is 22.2 Å². The minimum absolute atomic E-state index is 0.0358. The summed E-state index contributed by atoms with van der Waals surface area (Å²) in [6.07, 6.45) is 0.676. The zero-order chi connectivity index (χ0) is 27.7. The van der Waals surface area contributed by atoms with Crippen LogP contribution >= 0.6 is 55.1 Å². The molecule has 1 heterocycles. The van der Waals surface area contributed by atoms with Gasteiger partial charge in [-0.1, -0.05) is 43.5 Å². The normalized spacial score (nSPS) is 23.6. The van der Waals surface area contributed by atoms with Crippen LogP contribution in [0.1, 0.15) is 40.0 Å². The summed E-state index contributed by atoms with van der Waals surface area (Å²) >= 11 is 19.1. The molecule has 9 nitrogen and oxygen atoms in total. The Labute approximate surface area is 244 Å². The number of Topliss-reactive ketones (excluding diaryl/α,β-unsaturated/α-hetero) is 1. The second-order valence-electron chi connectivity index (χ2n) is 9.02. The van der Waals surface area contributed by atoms with Gasteiger partial charge < -0.3 is 0 Å². The molecule has 200 valence electrons. The van der Waals surface area contributed by atoms with Crippen molar-refractivity contribution in [3.63, 3.8) is 0 Å². The average Bonchev–Trinajstić information content (AvgIpc) is 3.13. The lowest BCUT2D eigenvalue weighted by atomic mass is 9.81. The molecule has 0 unspecified atom stereocenters. The SMILES string of the molecule is O=C(c1ccc(Cl)cc1)[C@H](CCCl)N(C(=O)c1ccc([N+](=O)[O-])cc1)N1C(=O)[C@H]2C[C@@H](Br)[C@@H](Br)C[C@H]2C1=O. The van der Waals surface area contributed by atoms with Gasteiger partial charge in [0.2, 0.25) is 0 Å². The topological polar surface area (TPSA) is 118 Å². The number of imide groups is 1. The molecule has 2 aromatic rings. The summed E-state index contributed by atoms with van der Waals surface area (Å²) < 4.78 is 0. The summed E-state index contributed by atoms with van der Waals surface area (Å²) in [5.41, 5.74) is -0.0661. The van der Waals surface area contributed by atoms with Crippen molar-refractivity contribution in [1.29, 1.82) is 0 Å². The Morgan fingerprint density at radius 2 is 1.47 bits per heavy atom. The fraction of sp³-hybridized carbons (Fsp3) is 0.360. The Hall–Kier alpha value is -2.34. The maximum absolute atomic E-state index is 13.9. The molecule has 0 bridgehead atoms. The molecule has 2 fully saturated rings. The number of ketones is 1. The highest BCUT2D eigenvalue weighted by Crippen LogP contribution is 2.44. The van der Waals surface area contributed by atoms with Gasteiger partial charge in [-0.25, -0.2) is 5.01 Å². The molecule has 0 radical (unpaired) electrons. The van der Waals surface area contributed by atoms with Crippen LogP contribution in [-0.4, -0.2) is 60.0 Å². The number of benzene rings is 2. The Morgan fingerprint density at radius 1 is 0.974 bits per heavy atom. The Morgan fingerprint density at radius 3 is 1.95 bits per heavy atom. The van der Waals surface area contributed by atoms with Gasteiger partial charge in [-0.05, 0) is 55.7 Å². The number of amides is 3. The maximum Gasteiger partial charge on any atom is 0.273 e.